The van der Waals surface area contributed by atoms with E-state index in [1.54, 1.807) is 11.3 Å². The van der Waals surface area contributed by atoms with Crippen LogP contribution in [-0.4, -0.2) is 18.5 Å². The van der Waals surface area contributed by atoms with Crippen molar-refractivity contribution in [1.29, 1.82) is 0 Å². The Kier molecular flexibility index (Phi) is 5.15. The first-order chi connectivity index (χ1) is 9.25. The third-order valence-corrected chi connectivity index (χ3v) is 3.86. The van der Waals surface area contributed by atoms with Crippen LogP contribution in [0, 0.1) is 5.92 Å². The highest BCUT2D eigenvalue weighted by molar-refractivity contribution is 7.09. The standard InChI is InChI=1S/C14H17NO3S/c16-13(15-9-12-7-4-8-19-12)10-18-14(17)11-5-2-1-3-6-11/h1-2,4,7-8,11H,3,5-6,9-10H2,(H,15,16)/t11-/m0/s1. The van der Waals surface area contributed by atoms with E-state index in [1.807, 2.05) is 23.6 Å². The maximum absolute atomic E-state index is 11.7. The van der Waals surface area contributed by atoms with Crippen LogP contribution in [0.5, 0.6) is 0 Å². The molecule has 1 aromatic heterocycles. The minimum absolute atomic E-state index is 0.0879. The molecule has 1 aliphatic rings. The van der Waals surface area contributed by atoms with Gasteiger partial charge < -0.3 is 10.1 Å². The number of allylic oxidation sites excluding steroid dienone is 2. The fraction of sp³-hybridized carbons (Fsp3) is 0.429. The molecule has 1 heterocycles. The molecule has 5 heteroatoms. The van der Waals surface area contributed by atoms with Crippen molar-refractivity contribution >= 4 is 23.2 Å². The molecule has 0 aromatic carbocycles. The molecule has 1 N–H and O–H groups in total. The molecule has 0 fully saturated rings. The van der Waals surface area contributed by atoms with E-state index in [0.717, 1.165) is 24.1 Å². The summed E-state index contributed by atoms with van der Waals surface area (Å²) in [6, 6.07) is 3.88. The van der Waals surface area contributed by atoms with Gasteiger partial charge in [0.05, 0.1) is 12.5 Å². The van der Waals surface area contributed by atoms with E-state index >= 15 is 0 Å². The van der Waals surface area contributed by atoms with E-state index in [0.29, 0.717) is 6.54 Å². The number of amides is 1. The largest absolute Gasteiger partial charge is 0.455 e. The molecule has 1 aliphatic carbocycles. The second-order valence-electron chi connectivity index (χ2n) is 4.45. The molecule has 0 saturated carbocycles. The van der Waals surface area contributed by atoms with E-state index in [-0.39, 0.29) is 24.4 Å². The van der Waals surface area contributed by atoms with Gasteiger partial charge in [0.1, 0.15) is 0 Å². The molecule has 102 valence electrons. The highest BCUT2D eigenvalue weighted by Crippen LogP contribution is 2.19. The van der Waals surface area contributed by atoms with E-state index in [4.69, 9.17) is 4.74 Å². The fourth-order valence-corrected chi connectivity index (χ4v) is 2.56. The SMILES string of the molecule is O=C(COC(=O)[C@H]1CC=CCC1)NCc1cccs1. The Labute approximate surface area is 116 Å². The summed E-state index contributed by atoms with van der Waals surface area (Å²) < 4.78 is 5.03. The molecule has 0 unspecified atom stereocenters. The van der Waals surface area contributed by atoms with Crippen molar-refractivity contribution in [3.8, 4) is 0 Å². The maximum Gasteiger partial charge on any atom is 0.309 e. The highest BCUT2D eigenvalue weighted by atomic mass is 32.1. The third-order valence-electron chi connectivity index (χ3n) is 2.99. The van der Waals surface area contributed by atoms with Crippen molar-refractivity contribution in [3.63, 3.8) is 0 Å². The number of hydrogen-bond donors (Lipinski definition) is 1. The summed E-state index contributed by atoms with van der Waals surface area (Å²) in [7, 11) is 0. The van der Waals surface area contributed by atoms with Gasteiger partial charge in [-0.05, 0) is 30.7 Å². The first-order valence-electron chi connectivity index (χ1n) is 6.36. The fourth-order valence-electron chi connectivity index (χ4n) is 1.91. The van der Waals surface area contributed by atoms with E-state index in [2.05, 4.69) is 11.4 Å². The summed E-state index contributed by atoms with van der Waals surface area (Å²) in [5, 5.41) is 4.68. The van der Waals surface area contributed by atoms with Gasteiger partial charge >= 0.3 is 5.97 Å². The van der Waals surface area contributed by atoms with Crippen LogP contribution >= 0.6 is 11.3 Å². The van der Waals surface area contributed by atoms with Crippen molar-refractivity contribution in [2.45, 2.75) is 25.8 Å². The van der Waals surface area contributed by atoms with Gasteiger partial charge in [0.25, 0.3) is 5.91 Å². The molecule has 0 radical (unpaired) electrons. The summed E-state index contributed by atoms with van der Waals surface area (Å²) in [6.07, 6.45) is 6.50. The van der Waals surface area contributed by atoms with E-state index in [1.165, 1.54) is 0 Å². The lowest BCUT2D eigenvalue weighted by Crippen LogP contribution is -2.30. The summed E-state index contributed by atoms with van der Waals surface area (Å²) in [6.45, 7) is 0.296. The predicted molar refractivity (Wildman–Crippen MR) is 73.6 cm³/mol. The number of ether oxygens (including phenoxy) is 1. The molecule has 4 nitrogen and oxygen atoms in total. The van der Waals surface area contributed by atoms with Gasteiger partial charge in [0.2, 0.25) is 0 Å². The van der Waals surface area contributed by atoms with Crippen LogP contribution < -0.4 is 5.32 Å². The first kappa shape index (κ1) is 13.8. The Morgan fingerprint density at radius 3 is 3.00 bits per heavy atom. The lowest BCUT2D eigenvalue weighted by molar-refractivity contribution is -0.152. The molecule has 0 saturated heterocycles. The van der Waals surface area contributed by atoms with Crippen LogP contribution in [0.4, 0.5) is 0 Å². The lowest BCUT2D eigenvalue weighted by atomic mass is 9.95. The second-order valence-corrected chi connectivity index (χ2v) is 5.48. The van der Waals surface area contributed by atoms with Gasteiger partial charge in [-0.15, -0.1) is 11.3 Å². The van der Waals surface area contributed by atoms with Crippen molar-refractivity contribution in [3.05, 3.63) is 34.5 Å². The van der Waals surface area contributed by atoms with Crippen molar-refractivity contribution < 1.29 is 14.3 Å². The molecule has 1 atom stereocenters. The second kappa shape index (κ2) is 7.09. The highest BCUT2D eigenvalue weighted by Gasteiger charge is 2.20. The average Bonchev–Trinajstić information content (AvgIpc) is 2.96. The smallest absolute Gasteiger partial charge is 0.309 e. The van der Waals surface area contributed by atoms with Gasteiger partial charge in [0.15, 0.2) is 6.61 Å². The van der Waals surface area contributed by atoms with Crippen LogP contribution in [-0.2, 0) is 20.9 Å². The van der Waals surface area contributed by atoms with Gasteiger partial charge in [0, 0.05) is 4.88 Å². The van der Waals surface area contributed by atoms with Gasteiger partial charge in [-0.25, -0.2) is 0 Å². The topological polar surface area (TPSA) is 55.4 Å². The van der Waals surface area contributed by atoms with Crippen LogP contribution in [0.25, 0.3) is 0 Å². The van der Waals surface area contributed by atoms with Gasteiger partial charge in [-0.1, -0.05) is 18.2 Å². The Hall–Kier alpha value is -1.62. The van der Waals surface area contributed by atoms with Gasteiger partial charge in [-0.3, -0.25) is 9.59 Å². The zero-order valence-electron chi connectivity index (χ0n) is 10.6. The minimum atomic E-state index is -0.268. The summed E-state index contributed by atoms with van der Waals surface area (Å²) in [5.74, 6) is -0.612. The van der Waals surface area contributed by atoms with E-state index in [9.17, 15) is 9.59 Å². The monoisotopic (exact) mass is 279 g/mol. The van der Waals surface area contributed by atoms with Crippen LogP contribution in [0.2, 0.25) is 0 Å². The molecular formula is C14H17NO3S. The minimum Gasteiger partial charge on any atom is -0.455 e. The Bertz CT molecular complexity index is 453. The summed E-state index contributed by atoms with van der Waals surface area (Å²) in [4.78, 5) is 24.3. The van der Waals surface area contributed by atoms with Crippen LogP contribution in [0.15, 0.2) is 29.7 Å². The maximum atomic E-state index is 11.7. The van der Waals surface area contributed by atoms with E-state index < -0.39 is 0 Å². The van der Waals surface area contributed by atoms with Crippen molar-refractivity contribution in [2.75, 3.05) is 6.61 Å². The van der Waals surface area contributed by atoms with Crippen molar-refractivity contribution in [2.24, 2.45) is 5.92 Å². The van der Waals surface area contributed by atoms with Crippen LogP contribution in [0.3, 0.4) is 0 Å². The summed E-state index contributed by atoms with van der Waals surface area (Å²) in [5.41, 5.74) is 0. The quantitative estimate of drug-likeness (QED) is 0.664. The molecule has 2 rings (SSSR count). The average molecular weight is 279 g/mol. The zero-order valence-corrected chi connectivity index (χ0v) is 11.4. The number of thiophene rings is 1. The Morgan fingerprint density at radius 2 is 2.32 bits per heavy atom. The third kappa shape index (κ3) is 4.52. The zero-order chi connectivity index (χ0) is 13.5. The molecule has 19 heavy (non-hydrogen) atoms. The lowest BCUT2D eigenvalue weighted by Gasteiger charge is -2.16. The molecule has 0 aliphatic heterocycles. The molecule has 0 spiro atoms. The Balaban J connectivity index is 1.65. The number of carbonyl (C=O) groups is 2. The number of esters is 1. The molecule has 1 aromatic rings. The normalized spacial score (nSPS) is 18.0. The molecule has 1 amide bonds. The molecular weight excluding hydrogens is 262 g/mol. The predicted octanol–water partition coefficient (Wildman–Crippen LogP) is 2.26. The molecule has 0 bridgehead atoms. The summed E-state index contributed by atoms with van der Waals surface area (Å²) >= 11 is 1.58. The Morgan fingerprint density at radius 1 is 1.42 bits per heavy atom. The van der Waals surface area contributed by atoms with Gasteiger partial charge in [-0.2, -0.15) is 0 Å². The number of carbonyl (C=O) groups excluding carboxylic acids is 2. The van der Waals surface area contributed by atoms with Crippen LogP contribution in [0.1, 0.15) is 24.1 Å². The first-order valence-corrected chi connectivity index (χ1v) is 7.24. The number of hydrogen-bond acceptors (Lipinski definition) is 4. The van der Waals surface area contributed by atoms with Crippen molar-refractivity contribution in [1.82, 2.24) is 5.32 Å². The number of rotatable bonds is 5. The number of nitrogens with one attached hydrogen (secondary N) is 1.